The first-order chi connectivity index (χ1) is 13.0. The van der Waals surface area contributed by atoms with Gasteiger partial charge in [0, 0.05) is 16.8 Å². The van der Waals surface area contributed by atoms with Gasteiger partial charge in [-0.3, -0.25) is 9.59 Å². The van der Waals surface area contributed by atoms with Gasteiger partial charge in [-0.25, -0.2) is 5.43 Å². The summed E-state index contributed by atoms with van der Waals surface area (Å²) in [6, 6.07) is 17.6. The molecule has 5 nitrogen and oxygen atoms in total. The molecule has 0 aliphatic rings. The van der Waals surface area contributed by atoms with Gasteiger partial charge in [0.05, 0.1) is 17.8 Å². The molecular formula is C20H15Cl2N3O2. The Kier molecular flexibility index (Phi) is 6.06. The van der Waals surface area contributed by atoms with Crippen molar-refractivity contribution in [1.82, 2.24) is 9.99 Å². The van der Waals surface area contributed by atoms with Crippen LogP contribution in [-0.2, 0) is 6.54 Å². The van der Waals surface area contributed by atoms with Crippen LogP contribution in [0.1, 0.15) is 21.5 Å². The van der Waals surface area contributed by atoms with Gasteiger partial charge in [0.15, 0.2) is 0 Å². The second kappa shape index (κ2) is 8.66. The highest BCUT2D eigenvalue weighted by atomic mass is 35.5. The fraction of sp³-hybridized carbons (Fsp3) is 0.0500. The minimum atomic E-state index is -0.594. The number of benzene rings is 2. The van der Waals surface area contributed by atoms with Gasteiger partial charge < -0.3 is 4.57 Å². The number of pyridine rings is 1. The van der Waals surface area contributed by atoms with Crippen LogP contribution in [0, 0.1) is 0 Å². The van der Waals surface area contributed by atoms with Crippen LogP contribution < -0.4 is 11.0 Å². The van der Waals surface area contributed by atoms with Crippen LogP contribution in [0.4, 0.5) is 0 Å². The highest BCUT2D eigenvalue weighted by molar-refractivity contribution is 6.36. The molecule has 136 valence electrons. The minimum Gasteiger partial charge on any atom is -0.310 e. The van der Waals surface area contributed by atoms with Crippen molar-refractivity contribution in [2.75, 3.05) is 0 Å². The van der Waals surface area contributed by atoms with Gasteiger partial charge in [0.1, 0.15) is 5.56 Å². The number of nitrogens with one attached hydrogen (secondary N) is 1. The van der Waals surface area contributed by atoms with Crippen molar-refractivity contribution in [1.29, 1.82) is 0 Å². The lowest BCUT2D eigenvalue weighted by Gasteiger charge is -2.07. The van der Waals surface area contributed by atoms with Crippen LogP contribution in [0.25, 0.3) is 0 Å². The molecule has 0 fully saturated rings. The number of rotatable bonds is 5. The maximum atomic E-state index is 12.6. The fourth-order valence-electron chi connectivity index (χ4n) is 2.44. The molecule has 0 bridgehead atoms. The molecule has 0 atom stereocenters. The summed E-state index contributed by atoms with van der Waals surface area (Å²) in [4.78, 5) is 24.9. The molecule has 1 heterocycles. The normalized spacial score (nSPS) is 10.9. The third kappa shape index (κ3) is 4.84. The summed E-state index contributed by atoms with van der Waals surface area (Å²) < 4.78 is 1.48. The number of hydrogen-bond acceptors (Lipinski definition) is 3. The van der Waals surface area contributed by atoms with Crippen LogP contribution in [0.3, 0.4) is 0 Å². The second-order valence-corrected chi connectivity index (χ2v) is 6.55. The lowest BCUT2D eigenvalue weighted by Crippen LogP contribution is -2.30. The minimum absolute atomic E-state index is 0.00721. The number of amides is 1. The molecule has 1 amide bonds. The summed E-state index contributed by atoms with van der Waals surface area (Å²) in [6.07, 6.45) is 3.03. The van der Waals surface area contributed by atoms with Crippen LogP contribution in [0.2, 0.25) is 10.0 Å². The molecule has 0 aliphatic heterocycles. The number of carbonyl (C=O) groups excluding carboxylic acids is 1. The molecule has 3 rings (SSSR count). The van der Waals surface area contributed by atoms with E-state index in [2.05, 4.69) is 10.5 Å². The third-order valence-electron chi connectivity index (χ3n) is 3.79. The maximum Gasteiger partial charge on any atom is 0.276 e. The number of nitrogens with zero attached hydrogens (tertiary/aromatic N) is 2. The highest BCUT2D eigenvalue weighted by Crippen LogP contribution is 2.19. The zero-order valence-electron chi connectivity index (χ0n) is 14.1. The van der Waals surface area contributed by atoms with E-state index in [0.717, 1.165) is 5.56 Å². The molecular weight excluding hydrogens is 385 g/mol. The Morgan fingerprint density at radius 1 is 1.07 bits per heavy atom. The van der Waals surface area contributed by atoms with Gasteiger partial charge >= 0.3 is 0 Å². The van der Waals surface area contributed by atoms with Gasteiger partial charge in [-0.1, -0.05) is 59.6 Å². The van der Waals surface area contributed by atoms with E-state index in [1.165, 1.54) is 16.8 Å². The number of halogens is 2. The molecule has 0 spiro atoms. The summed E-state index contributed by atoms with van der Waals surface area (Å²) in [7, 11) is 0. The standard InChI is InChI=1S/C20H15Cl2N3O2/c21-16-9-8-15(18(22)11-16)12-23-24-19(26)17-7-4-10-25(20(17)27)13-14-5-2-1-3-6-14/h1-12H,13H2,(H,24,26)/b23-12-. The van der Waals surface area contributed by atoms with E-state index in [4.69, 9.17) is 23.2 Å². The lowest BCUT2D eigenvalue weighted by atomic mass is 10.2. The van der Waals surface area contributed by atoms with E-state index in [-0.39, 0.29) is 5.56 Å². The zero-order chi connectivity index (χ0) is 19.2. The summed E-state index contributed by atoms with van der Waals surface area (Å²) in [5.41, 5.74) is 3.52. The molecule has 0 unspecified atom stereocenters. The van der Waals surface area contributed by atoms with Crippen molar-refractivity contribution in [3.05, 3.63) is 104 Å². The summed E-state index contributed by atoms with van der Waals surface area (Å²) in [5.74, 6) is -0.594. The predicted molar refractivity (Wildman–Crippen MR) is 108 cm³/mol. The van der Waals surface area contributed by atoms with Crippen LogP contribution in [0.5, 0.6) is 0 Å². The number of carbonyl (C=O) groups is 1. The summed E-state index contributed by atoms with van der Waals surface area (Å²) in [5, 5.41) is 4.77. The van der Waals surface area contributed by atoms with Crippen molar-refractivity contribution in [2.45, 2.75) is 6.54 Å². The van der Waals surface area contributed by atoms with E-state index < -0.39 is 11.5 Å². The van der Waals surface area contributed by atoms with Crippen LogP contribution in [-0.4, -0.2) is 16.7 Å². The van der Waals surface area contributed by atoms with Gasteiger partial charge in [-0.15, -0.1) is 0 Å². The Balaban J connectivity index is 1.74. The van der Waals surface area contributed by atoms with E-state index in [1.807, 2.05) is 30.3 Å². The van der Waals surface area contributed by atoms with Crippen molar-refractivity contribution in [3.63, 3.8) is 0 Å². The first-order valence-corrected chi connectivity index (χ1v) is 8.82. The summed E-state index contributed by atoms with van der Waals surface area (Å²) >= 11 is 11.9. The molecule has 0 saturated heterocycles. The first-order valence-electron chi connectivity index (χ1n) is 8.06. The highest BCUT2D eigenvalue weighted by Gasteiger charge is 2.11. The molecule has 1 N–H and O–H groups in total. The summed E-state index contributed by atoms with van der Waals surface area (Å²) in [6.45, 7) is 0.379. The molecule has 27 heavy (non-hydrogen) atoms. The third-order valence-corrected chi connectivity index (χ3v) is 4.36. The Morgan fingerprint density at radius 3 is 2.59 bits per heavy atom. The largest absolute Gasteiger partial charge is 0.310 e. The van der Waals surface area contributed by atoms with Gasteiger partial charge in [0.25, 0.3) is 11.5 Å². The van der Waals surface area contributed by atoms with Crippen LogP contribution >= 0.6 is 23.2 Å². The number of hydrazone groups is 1. The average molecular weight is 400 g/mol. The smallest absolute Gasteiger partial charge is 0.276 e. The van der Waals surface area contributed by atoms with Crippen molar-refractivity contribution in [2.24, 2.45) is 5.10 Å². The van der Waals surface area contributed by atoms with Crippen molar-refractivity contribution in [3.8, 4) is 0 Å². The van der Waals surface area contributed by atoms with E-state index in [9.17, 15) is 9.59 Å². The van der Waals surface area contributed by atoms with Crippen LogP contribution in [0.15, 0.2) is 76.8 Å². The second-order valence-electron chi connectivity index (χ2n) is 5.71. The quantitative estimate of drug-likeness (QED) is 0.521. The molecule has 0 aliphatic carbocycles. The fourth-order valence-corrected chi connectivity index (χ4v) is 2.90. The first kappa shape index (κ1) is 18.9. The SMILES string of the molecule is O=C(N/N=C\c1ccc(Cl)cc1Cl)c1cccn(Cc2ccccc2)c1=O. The molecule has 2 aromatic carbocycles. The zero-order valence-corrected chi connectivity index (χ0v) is 15.6. The monoisotopic (exact) mass is 399 g/mol. The Bertz CT molecular complexity index is 1050. The maximum absolute atomic E-state index is 12.6. The van der Waals surface area contributed by atoms with Gasteiger partial charge in [0.2, 0.25) is 0 Å². The molecule has 7 heteroatoms. The van der Waals surface area contributed by atoms with E-state index >= 15 is 0 Å². The Hall–Kier alpha value is -2.89. The number of aromatic nitrogens is 1. The Labute approximate surface area is 165 Å². The molecule has 1 aromatic heterocycles. The molecule has 3 aromatic rings. The van der Waals surface area contributed by atoms with Gasteiger partial charge in [-0.2, -0.15) is 5.10 Å². The van der Waals surface area contributed by atoms with Crippen molar-refractivity contribution >= 4 is 35.3 Å². The van der Waals surface area contributed by atoms with Crippen molar-refractivity contribution < 1.29 is 4.79 Å². The molecule has 0 saturated carbocycles. The lowest BCUT2D eigenvalue weighted by molar-refractivity contribution is 0.0953. The van der Waals surface area contributed by atoms with Gasteiger partial charge in [-0.05, 0) is 29.8 Å². The van der Waals surface area contributed by atoms with E-state index in [1.54, 1.807) is 30.5 Å². The van der Waals surface area contributed by atoms with E-state index in [0.29, 0.717) is 22.2 Å². The average Bonchev–Trinajstić information content (AvgIpc) is 2.66. The topological polar surface area (TPSA) is 63.5 Å². The predicted octanol–water partition coefficient (Wildman–Crippen LogP) is 3.97. The Morgan fingerprint density at radius 2 is 1.85 bits per heavy atom. The molecule has 0 radical (unpaired) electrons. The number of hydrogen-bond donors (Lipinski definition) is 1.